The van der Waals surface area contributed by atoms with E-state index in [4.69, 9.17) is 4.74 Å². The highest BCUT2D eigenvalue weighted by Gasteiger charge is 2.27. The maximum Gasteiger partial charge on any atom is 0.326 e. The summed E-state index contributed by atoms with van der Waals surface area (Å²) in [5, 5.41) is 12.4. The van der Waals surface area contributed by atoms with E-state index in [1.54, 1.807) is 11.8 Å². The van der Waals surface area contributed by atoms with Crippen LogP contribution in [0.15, 0.2) is 42.5 Å². The summed E-state index contributed by atoms with van der Waals surface area (Å²) in [7, 11) is 0. The summed E-state index contributed by atoms with van der Waals surface area (Å²) in [4.78, 5) is 27.7. The van der Waals surface area contributed by atoms with E-state index in [9.17, 15) is 14.7 Å². The molecule has 2 N–H and O–H groups in total. The number of benzene rings is 2. The van der Waals surface area contributed by atoms with Crippen molar-refractivity contribution < 1.29 is 19.4 Å². The average molecular weight is 703 g/mol. The lowest BCUT2D eigenvalue weighted by molar-refractivity contribution is -0.139. The van der Waals surface area contributed by atoms with Crippen molar-refractivity contribution in [2.45, 2.75) is 146 Å². The second kappa shape index (κ2) is 31.6. The van der Waals surface area contributed by atoms with Gasteiger partial charge in [0.1, 0.15) is 6.04 Å². The molecule has 1 aliphatic heterocycles. The van der Waals surface area contributed by atoms with Gasteiger partial charge in [0.05, 0.1) is 6.61 Å². The van der Waals surface area contributed by atoms with Gasteiger partial charge in [0, 0.05) is 24.8 Å². The van der Waals surface area contributed by atoms with E-state index < -0.39 is 12.0 Å². The number of ether oxygens (including phenoxy) is 1. The monoisotopic (exact) mass is 703 g/mol. The first-order chi connectivity index (χ1) is 24.0. The number of aliphatic carboxylic acids is 1. The molecule has 1 heterocycles. The van der Waals surface area contributed by atoms with Gasteiger partial charge < -0.3 is 15.2 Å². The Balaban J connectivity index is 0. The molecule has 49 heavy (non-hydrogen) atoms. The predicted molar refractivity (Wildman–Crippen MR) is 216 cm³/mol. The second-order valence-electron chi connectivity index (χ2n) is 11.1. The molecule has 0 radical (unpaired) electrons. The zero-order chi connectivity index (χ0) is 37.6. The third kappa shape index (κ3) is 17.9. The van der Waals surface area contributed by atoms with E-state index in [0.717, 1.165) is 60.9 Å². The average Bonchev–Trinajstić information content (AvgIpc) is 3.61. The summed E-state index contributed by atoms with van der Waals surface area (Å²) < 4.78 is 6.22. The Morgan fingerprint density at radius 1 is 0.857 bits per heavy atom. The van der Waals surface area contributed by atoms with Gasteiger partial charge in [0.2, 0.25) is 0 Å². The summed E-state index contributed by atoms with van der Waals surface area (Å²) in [5.74, 6) is 0.0495. The molecule has 2 aromatic rings. The van der Waals surface area contributed by atoms with Gasteiger partial charge in [0.15, 0.2) is 0 Å². The lowest BCUT2D eigenvalue weighted by Crippen LogP contribution is -2.41. The van der Waals surface area contributed by atoms with Crippen molar-refractivity contribution >= 4 is 23.6 Å². The van der Waals surface area contributed by atoms with Crippen LogP contribution in [0.1, 0.15) is 142 Å². The molecule has 2 unspecified atom stereocenters. The van der Waals surface area contributed by atoms with Crippen LogP contribution in [0, 0.1) is 12.8 Å². The number of nitrogens with one attached hydrogen (secondary N) is 1. The van der Waals surface area contributed by atoms with Crippen LogP contribution in [-0.2, 0) is 16.1 Å². The van der Waals surface area contributed by atoms with Gasteiger partial charge in [0.25, 0.3) is 5.91 Å². The zero-order valence-electron chi connectivity index (χ0n) is 33.5. The maximum atomic E-state index is 13.4. The van der Waals surface area contributed by atoms with Crippen molar-refractivity contribution in [1.29, 1.82) is 0 Å². The summed E-state index contributed by atoms with van der Waals surface area (Å²) in [6.45, 7) is 25.6. The number of aryl methyl sites for hydroxylation is 1. The molecule has 2 fully saturated rings. The minimum atomic E-state index is -1.00. The van der Waals surface area contributed by atoms with E-state index in [1.807, 2.05) is 119 Å². The third-order valence-electron chi connectivity index (χ3n) is 8.25. The minimum Gasteiger partial charge on any atom is -0.480 e. The fraction of sp³-hybridized carbons (Fsp3) is 0.667. The van der Waals surface area contributed by atoms with Gasteiger partial charge >= 0.3 is 5.97 Å². The molecule has 1 saturated heterocycles. The normalized spacial score (nSPS) is 15.9. The summed E-state index contributed by atoms with van der Waals surface area (Å²) in [5.41, 5.74) is 4.59. The van der Waals surface area contributed by atoms with Crippen LogP contribution >= 0.6 is 11.8 Å². The van der Waals surface area contributed by atoms with Crippen molar-refractivity contribution in [1.82, 2.24) is 10.2 Å². The number of carbonyl (C=O) groups excluding carboxylic acids is 1. The molecule has 0 bridgehead atoms. The highest BCUT2D eigenvalue weighted by Crippen LogP contribution is 2.30. The van der Waals surface area contributed by atoms with Gasteiger partial charge in [-0.05, 0) is 97.9 Å². The third-order valence-corrected chi connectivity index (χ3v) is 8.90. The van der Waals surface area contributed by atoms with Crippen molar-refractivity contribution in [2.24, 2.45) is 5.92 Å². The lowest BCUT2D eigenvalue weighted by Gasteiger charge is -2.27. The molecule has 0 aromatic heterocycles. The second-order valence-corrected chi connectivity index (χ2v) is 12.1. The summed E-state index contributed by atoms with van der Waals surface area (Å²) in [6, 6.07) is 13.6. The van der Waals surface area contributed by atoms with Gasteiger partial charge in [-0.1, -0.05) is 119 Å². The molecule has 2 aliphatic rings. The quantitative estimate of drug-likeness (QED) is 0.216. The van der Waals surface area contributed by atoms with E-state index in [0.29, 0.717) is 23.8 Å². The van der Waals surface area contributed by atoms with Crippen molar-refractivity contribution in [3.8, 4) is 11.1 Å². The number of thioether (sulfide) groups is 1. The maximum absolute atomic E-state index is 13.4. The minimum absolute atomic E-state index is 0.344. The number of rotatable bonds is 13. The first kappa shape index (κ1) is 48.8. The Morgan fingerprint density at radius 2 is 1.49 bits per heavy atom. The largest absolute Gasteiger partial charge is 0.480 e. The molecule has 282 valence electrons. The van der Waals surface area contributed by atoms with E-state index in [1.165, 1.54) is 38.5 Å². The topological polar surface area (TPSA) is 78.9 Å². The molecule has 0 spiro atoms. The molecule has 7 heteroatoms. The van der Waals surface area contributed by atoms with E-state index >= 15 is 0 Å². The van der Waals surface area contributed by atoms with Crippen molar-refractivity contribution in [3.63, 3.8) is 0 Å². The number of amides is 1. The number of carboxylic acid groups (broad SMARTS) is 1. The Bertz CT molecular complexity index is 1100. The highest BCUT2D eigenvalue weighted by atomic mass is 32.2. The summed E-state index contributed by atoms with van der Waals surface area (Å²) in [6.07, 6.45) is 11.3. The van der Waals surface area contributed by atoms with E-state index in [2.05, 4.69) is 16.3 Å². The van der Waals surface area contributed by atoms with Crippen LogP contribution in [0.25, 0.3) is 11.1 Å². The number of hydrogen-bond acceptors (Lipinski definition) is 5. The number of likely N-dealkylation sites (tertiary alicyclic amines) is 1. The first-order valence-corrected chi connectivity index (χ1v) is 20.9. The summed E-state index contributed by atoms with van der Waals surface area (Å²) >= 11 is 1.57. The van der Waals surface area contributed by atoms with Crippen molar-refractivity contribution in [2.75, 3.05) is 31.8 Å². The highest BCUT2D eigenvalue weighted by molar-refractivity contribution is 7.98. The fourth-order valence-electron chi connectivity index (χ4n) is 5.97. The molecule has 1 amide bonds. The molecular weight excluding hydrogens is 629 g/mol. The van der Waals surface area contributed by atoms with Crippen LogP contribution in [-0.4, -0.2) is 65.7 Å². The number of nitrogens with zero attached hydrogens (tertiary/aromatic N) is 1. The molecule has 1 saturated carbocycles. The molecule has 4 rings (SSSR count). The Morgan fingerprint density at radius 3 is 2.08 bits per heavy atom. The number of carbonyl (C=O) groups is 2. The van der Waals surface area contributed by atoms with Crippen molar-refractivity contribution in [3.05, 3.63) is 59.2 Å². The zero-order valence-corrected chi connectivity index (χ0v) is 34.3. The Kier molecular flexibility index (Phi) is 31.5. The van der Waals surface area contributed by atoms with E-state index in [-0.39, 0.29) is 5.91 Å². The van der Waals surface area contributed by atoms with Crippen LogP contribution in [0.2, 0.25) is 0 Å². The van der Waals surface area contributed by atoms with Gasteiger partial charge in [-0.25, -0.2) is 4.79 Å². The van der Waals surface area contributed by atoms with Gasteiger partial charge in [-0.2, -0.15) is 11.8 Å². The standard InChI is InChI=1S/C32H44N2O4S.5C2H6/c1-23-9-6-7-13-27(23)29-19-25(14-15-28(29)31(35)33-30(32(36)37)16-18-39-2)20-34-17-8-12-26(34)22-38-21-24-10-4-3-5-11-24;5*1-2/h6-7,9,13-15,19,24,26,30H,3-5,8,10-12,16-18,20-22H2,1-2H3,(H,33,35)(H,36,37);5*1-2H3. The molecule has 1 aliphatic carbocycles. The van der Waals surface area contributed by atoms with Crippen LogP contribution in [0.4, 0.5) is 0 Å². The molecular formula is C42H74N2O4S. The molecule has 6 nitrogen and oxygen atoms in total. The smallest absolute Gasteiger partial charge is 0.326 e. The predicted octanol–water partition coefficient (Wildman–Crippen LogP) is 11.3. The lowest BCUT2D eigenvalue weighted by atomic mass is 9.90. The van der Waals surface area contributed by atoms with Crippen LogP contribution < -0.4 is 5.32 Å². The Labute approximate surface area is 306 Å². The fourth-order valence-corrected chi connectivity index (χ4v) is 6.44. The molecule has 2 aromatic carbocycles. The number of carboxylic acids is 1. The molecule has 2 atom stereocenters. The van der Waals surface area contributed by atoms with Gasteiger partial charge in [-0.15, -0.1) is 0 Å². The SMILES string of the molecule is CC.CC.CC.CC.CC.CSCCC(NC(=O)c1ccc(CN2CCCC2COCC2CCCCC2)cc1-c1ccccc1C)C(=O)O. The number of hydrogen-bond donors (Lipinski definition) is 2. The first-order valence-electron chi connectivity index (χ1n) is 19.5. The Hall–Kier alpha value is -2.35. The van der Waals surface area contributed by atoms with Gasteiger partial charge in [-0.3, -0.25) is 9.69 Å². The van der Waals surface area contributed by atoms with Crippen LogP contribution in [0.5, 0.6) is 0 Å². The van der Waals surface area contributed by atoms with Crippen LogP contribution in [0.3, 0.4) is 0 Å².